The molecule has 0 saturated heterocycles. The number of nitrogens with zero attached hydrogens (tertiary/aromatic N) is 2. The van der Waals surface area contributed by atoms with E-state index in [0.29, 0.717) is 17.8 Å². The van der Waals surface area contributed by atoms with Gasteiger partial charge < -0.3 is 15.2 Å². The van der Waals surface area contributed by atoms with Gasteiger partial charge in [0, 0.05) is 18.3 Å². The van der Waals surface area contributed by atoms with Gasteiger partial charge in [0.15, 0.2) is 0 Å². The Balaban J connectivity index is 1.60. The van der Waals surface area contributed by atoms with Crippen molar-refractivity contribution in [2.24, 2.45) is 0 Å². The third-order valence-electron chi connectivity index (χ3n) is 3.73. The van der Waals surface area contributed by atoms with Crippen molar-refractivity contribution in [2.75, 3.05) is 12.4 Å². The standard InChI is InChI=1S/C18H18N4O3/c1-25-15-5-3-2-4-12(15)6-8-14-10-16(22-21-14)20-18(24)13-7-9-17(23)19-11-13/h2-5,7,9-11H,6,8H2,1H3,(H,19,23)(H2,20,21,22,24). The van der Waals surface area contributed by atoms with Crippen LogP contribution in [-0.2, 0) is 12.8 Å². The van der Waals surface area contributed by atoms with Crippen LogP contribution in [0.1, 0.15) is 21.6 Å². The van der Waals surface area contributed by atoms with E-state index in [4.69, 9.17) is 9.84 Å². The Kier molecular flexibility index (Phi) is 4.94. The van der Waals surface area contributed by atoms with Crippen molar-refractivity contribution in [1.29, 1.82) is 0 Å². The number of nitrogens with one attached hydrogen (secondary N) is 2. The maximum absolute atomic E-state index is 12.1. The molecule has 0 spiro atoms. The zero-order valence-corrected chi connectivity index (χ0v) is 13.7. The molecule has 0 unspecified atom stereocenters. The molecule has 1 amide bonds. The van der Waals surface area contributed by atoms with E-state index in [-0.39, 0.29) is 11.8 Å². The number of carbonyl (C=O) groups is 1. The third-order valence-corrected chi connectivity index (χ3v) is 3.73. The molecule has 0 saturated carbocycles. The van der Waals surface area contributed by atoms with Gasteiger partial charge in [-0.3, -0.25) is 9.89 Å². The minimum atomic E-state index is -0.326. The van der Waals surface area contributed by atoms with Crippen molar-refractivity contribution in [3.8, 4) is 11.6 Å². The van der Waals surface area contributed by atoms with Crippen molar-refractivity contribution in [3.05, 3.63) is 65.5 Å². The number of aromatic nitrogens is 3. The van der Waals surface area contributed by atoms with Gasteiger partial charge in [-0.1, -0.05) is 18.2 Å². The Morgan fingerprint density at radius 2 is 2.08 bits per heavy atom. The summed E-state index contributed by atoms with van der Waals surface area (Å²) in [6.45, 7) is 0. The third kappa shape index (κ3) is 4.14. The molecule has 0 atom stereocenters. The molecule has 7 nitrogen and oxygen atoms in total. The number of pyridine rings is 1. The molecule has 0 aliphatic heterocycles. The van der Waals surface area contributed by atoms with Gasteiger partial charge in [-0.15, -0.1) is 0 Å². The summed E-state index contributed by atoms with van der Waals surface area (Å²) < 4.78 is 5.34. The number of methoxy groups -OCH3 is 1. The number of H-pyrrole nitrogens is 1. The van der Waals surface area contributed by atoms with Crippen molar-refractivity contribution < 1.29 is 14.6 Å². The molecule has 2 heterocycles. The first kappa shape index (κ1) is 16.5. The van der Waals surface area contributed by atoms with Gasteiger partial charge in [-0.25, -0.2) is 4.98 Å². The molecule has 0 fully saturated rings. The van der Waals surface area contributed by atoms with E-state index in [1.54, 1.807) is 13.2 Å². The molecule has 0 aliphatic carbocycles. The highest BCUT2D eigenvalue weighted by atomic mass is 16.5. The summed E-state index contributed by atoms with van der Waals surface area (Å²) in [4.78, 5) is 15.8. The summed E-state index contributed by atoms with van der Waals surface area (Å²) in [6.07, 6.45) is 2.81. The zero-order chi connectivity index (χ0) is 17.6. The minimum absolute atomic E-state index is 0.128. The summed E-state index contributed by atoms with van der Waals surface area (Å²) >= 11 is 0. The lowest BCUT2D eigenvalue weighted by atomic mass is 10.1. The summed E-state index contributed by atoms with van der Waals surface area (Å²) in [7, 11) is 1.65. The average Bonchev–Trinajstić information content (AvgIpc) is 3.08. The summed E-state index contributed by atoms with van der Waals surface area (Å²) in [5.74, 6) is 0.906. The number of anilines is 1. The Labute approximate surface area is 144 Å². The molecular formula is C18H18N4O3. The van der Waals surface area contributed by atoms with E-state index in [0.717, 1.165) is 23.4 Å². The van der Waals surface area contributed by atoms with Crippen LogP contribution >= 0.6 is 0 Å². The van der Waals surface area contributed by atoms with Crippen LogP contribution in [0.25, 0.3) is 0 Å². The van der Waals surface area contributed by atoms with Gasteiger partial charge in [-0.05, 0) is 30.5 Å². The lowest BCUT2D eigenvalue weighted by molar-refractivity contribution is 0.102. The minimum Gasteiger partial charge on any atom is -0.496 e. The number of para-hydroxylation sites is 1. The summed E-state index contributed by atoms with van der Waals surface area (Å²) in [5, 5.41) is 18.9. The van der Waals surface area contributed by atoms with Gasteiger partial charge in [0.2, 0.25) is 5.88 Å². The molecule has 25 heavy (non-hydrogen) atoms. The highest BCUT2D eigenvalue weighted by Gasteiger charge is 2.10. The van der Waals surface area contributed by atoms with E-state index in [9.17, 15) is 4.79 Å². The number of rotatable bonds is 6. The van der Waals surface area contributed by atoms with Crippen LogP contribution in [0.4, 0.5) is 5.82 Å². The van der Waals surface area contributed by atoms with Crippen LogP contribution in [-0.4, -0.2) is 33.3 Å². The van der Waals surface area contributed by atoms with E-state index in [1.165, 1.54) is 18.3 Å². The monoisotopic (exact) mass is 338 g/mol. The fourth-order valence-corrected chi connectivity index (χ4v) is 2.44. The van der Waals surface area contributed by atoms with Crippen molar-refractivity contribution in [3.63, 3.8) is 0 Å². The predicted molar refractivity (Wildman–Crippen MR) is 92.8 cm³/mol. The van der Waals surface area contributed by atoms with Gasteiger partial charge in [0.05, 0.1) is 18.4 Å². The molecule has 1 aromatic carbocycles. The quantitative estimate of drug-likeness (QED) is 0.641. The number of aryl methyl sites for hydroxylation is 2. The van der Waals surface area contributed by atoms with Gasteiger partial charge in [-0.2, -0.15) is 5.10 Å². The van der Waals surface area contributed by atoms with Gasteiger partial charge >= 0.3 is 0 Å². The van der Waals surface area contributed by atoms with Crippen LogP contribution in [0.15, 0.2) is 48.7 Å². The Bertz CT molecular complexity index is 859. The lowest BCUT2D eigenvalue weighted by Crippen LogP contribution is -2.12. The maximum Gasteiger partial charge on any atom is 0.258 e. The number of ether oxygens (including phenoxy) is 1. The van der Waals surface area contributed by atoms with Crippen LogP contribution in [0.2, 0.25) is 0 Å². The van der Waals surface area contributed by atoms with Crippen LogP contribution in [0.5, 0.6) is 11.6 Å². The highest BCUT2D eigenvalue weighted by molar-refractivity contribution is 6.03. The van der Waals surface area contributed by atoms with E-state index >= 15 is 0 Å². The van der Waals surface area contributed by atoms with Gasteiger partial charge in [0.1, 0.15) is 11.6 Å². The molecule has 128 valence electrons. The van der Waals surface area contributed by atoms with Crippen molar-refractivity contribution in [2.45, 2.75) is 12.8 Å². The Hall–Kier alpha value is -3.35. The van der Waals surface area contributed by atoms with E-state index < -0.39 is 0 Å². The summed E-state index contributed by atoms with van der Waals surface area (Å²) in [6, 6.07) is 12.5. The van der Waals surface area contributed by atoms with E-state index in [1.807, 2.05) is 24.3 Å². The van der Waals surface area contributed by atoms with Crippen LogP contribution in [0, 0.1) is 0 Å². The maximum atomic E-state index is 12.1. The molecule has 2 aromatic heterocycles. The number of hydrogen-bond acceptors (Lipinski definition) is 5. The number of carbonyl (C=O) groups excluding carboxylic acids is 1. The first-order valence-electron chi connectivity index (χ1n) is 7.78. The molecule has 3 rings (SSSR count). The fraction of sp³-hybridized carbons (Fsp3) is 0.167. The number of benzene rings is 1. The second-order valence-electron chi connectivity index (χ2n) is 5.44. The molecule has 0 radical (unpaired) electrons. The second-order valence-corrected chi connectivity index (χ2v) is 5.44. The first-order valence-corrected chi connectivity index (χ1v) is 7.78. The smallest absolute Gasteiger partial charge is 0.258 e. The lowest BCUT2D eigenvalue weighted by Gasteiger charge is -2.06. The molecule has 3 N–H and O–H groups in total. The van der Waals surface area contributed by atoms with E-state index in [2.05, 4.69) is 20.5 Å². The number of hydrogen-bond donors (Lipinski definition) is 3. The fourth-order valence-electron chi connectivity index (χ4n) is 2.44. The highest BCUT2D eigenvalue weighted by Crippen LogP contribution is 2.19. The molecule has 0 aliphatic rings. The van der Waals surface area contributed by atoms with Crippen LogP contribution < -0.4 is 10.1 Å². The Morgan fingerprint density at radius 3 is 2.84 bits per heavy atom. The van der Waals surface area contributed by atoms with Crippen molar-refractivity contribution in [1.82, 2.24) is 15.2 Å². The Morgan fingerprint density at radius 1 is 1.24 bits per heavy atom. The molecular weight excluding hydrogens is 320 g/mol. The zero-order valence-electron chi connectivity index (χ0n) is 13.7. The molecule has 3 aromatic rings. The predicted octanol–water partition coefficient (Wildman–Crippen LogP) is 2.56. The first-order chi connectivity index (χ1) is 12.2. The molecule has 0 bridgehead atoms. The number of aromatic hydroxyl groups is 1. The number of aromatic amines is 1. The van der Waals surface area contributed by atoms with Gasteiger partial charge in [0.25, 0.3) is 5.91 Å². The largest absolute Gasteiger partial charge is 0.496 e. The SMILES string of the molecule is COc1ccccc1CCc1cc(NC(=O)c2ccc(O)nc2)[nH]n1. The van der Waals surface area contributed by atoms with Crippen LogP contribution in [0.3, 0.4) is 0 Å². The average molecular weight is 338 g/mol. The normalized spacial score (nSPS) is 10.4. The molecule has 7 heteroatoms. The summed E-state index contributed by atoms with van der Waals surface area (Å²) in [5.41, 5.74) is 2.29. The van der Waals surface area contributed by atoms with Crippen molar-refractivity contribution >= 4 is 11.7 Å². The number of amides is 1. The second kappa shape index (κ2) is 7.48. The topological polar surface area (TPSA) is 100 Å².